The van der Waals surface area contributed by atoms with E-state index in [1.807, 2.05) is 16.9 Å². The molecule has 3 rings (SSSR count). The monoisotopic (exact) mass is 411 g/mol. The smallest absolute Gasteiger partial charge is 0.221 e. The van der Waals surface area contributed by atoms with E-state index in [1.165, 1.54) is 11.1 Å². The molecular formula is C22H33N7O. The van der Waals surface area contributed by atoms with Crippen LogP contribution in [0.2, 0.25) is 0 Å². The van der Waals surface area contributed by atoms with Crippen LogP contribution in [0.1, 0.15) is 30.4 Å². The largest absolute Gasteiger partial charge is 0.369 e. The average molecular weight is 412 g/mol. The van der Waals surface area contributed by atoms with Crippen LogP contribution in [-0.2, 0) is 24.4 Å². The Bertz CT molecular complexity index is 819. The topological polar surface area (TPSA) is 101 Å². The predicted molar refractivity (Wildman–Crippen MR) is 119 cm³/mol. The highest BCUT2D eigenvalue weighted by atomic mass is 16.1. The number of amides is 1. The number of hydrogen-bond donors (Lipinski definition) is 3. The summed E-state index contributed by atoms with van der Waals surface area (Å²) >= 11 is 0. The number of nitrogens with one attached hydrogen (secondary N) is 2. The van der Waals surface area contributed by atoms with E-state index in [9.17, 15) is 4.79 Å². The number of aliphatic imine (C=N–C) groups is 1. The van der Waals surface area contributed by atoms with Gasteiger partial charge in [0, 0.05) is 52.2 Å². The average Bonchev–Trinajstić information content (AvgIpc) is 3.27. The summed E-state index contributed by atoms with van der Waals surface area (Å²) in [6, 6.07) is 10.5. The van der Waals surface area contributed by atoms with Crippen LogP contribution < -0.4 is 16.4 Å². The van der Waals surface area contributed by atoms with E-state index in [0.29, 0.717) is 6.54 Å². The van der Waals surface area contributed by atoms with Gasteiger partial charge in [0.2, 0.25) is 5.91 Å². The van der Waals surface area contributed by atoms with Gasteiger partial charge in [0.25, 0.3) is 0 Å². The second kappa shape index (κ2) is 11.3. The number of aryl methyl sites for hydroxylation is 1. The van der Waals surface area contributed by atoms with Gasteiger partial charge in [0.1, 0.15) is 0 Å². The maximum atomic E-state index is 11.5. The lowest BCUT2D eigenvalue weighted by molar-refractivity contribution is -0.123. The molecule has 0 aliphatic carbocycles. The standard InChI is InChI=1S/C22H33N7O/c1-24-22(25-9-4-12-29-13-5-10-27-29)26-15-18-6-2-7-19(14-18)16-28-11-3-8-20(17-28)21(23)30/h2,5-7,10,13-14,20H,3-4,8-9,11-12,15-17H2,1H3,(H2,23,30)(H2,24,25,26). The van der Waals surface area contributed by atoms with Crippen molar-refractivity contribution in [3.8, 4) is 0 Å². The third kappa shape index (κ3) is 6.88. The Hall–Kier alpha value is -2.87. The minimum absolute atomic E-state index is 0.0220. The van der Waals surface area contributed by atoms with Crippen molar-refractivity contribution in [2.45, 2.75) is 38.9 Å². The molecule has 0 bridgehead atoms. The fourth-order valence-electron chi connectivity index (χ4n) is 3.81. The molecule has 2 heterocycles. The Morgan fingerprint density at radius 3 is 2.93 bits per heavy atom. The summed E-state index contributed by atoms with van der Waals surface area (Å²) in [5.74, 6) is 0.591. The molecule has 30 heavy (non-hydrogen) atoms. The number of carbonyl (C=O) groups excluding carboxylic acids is 1. The quantitative estimate of drug-likeness (QED) is 0.328. The molecule has 0 radical (unpaired) electrons. The maximum Gasteiger partial charge on any atom is 0.221 e. The van der Waals surface area contributed by atoms with Crippen LogP contribution in [0.15, 0.2) is 47.7 Å². The zero-order valence-electron chi connectivity index (χ0n) is 17.8. The number of piperidine rings is 1. The van der Waals surface area contributed by atoms with E-state index >= 15 is 0 Å². The highest BCUT2D eigenvalue weighted by Crippen LogP contribution is 2.18. The van der Waals surface area contributed by atoms with E-state index in [0.717, 1.165) is 57.9 Å². The summed E-state index contributed by atoms with van der Waals surface area (Å²) in [5, 5.41) is 10.9. The van der Waals surface area contributed by atoms with Crippen molar-refractivity contribution < 1.29 is 4.79 Å². The normalized spacial score (nSPS) is 17.6. The van der Waals surface area contributed by atoms with Crippen LogP contribution in [0.5, 0.6) is 0 Å². The lowest BCUT2D eigenvalue weighted by Crippen LogP contribution is -2.40. The lowest BCUT2D eigenvalue weighted by Gasteiger charge is -2.31. The zero-order valence-corrected chi connectivity index (χ0v) is 17.8. The first-order valence-corrected chi connectivity index (χ1v) is 10.7. The van der Waals surface area contributed by atoms with Gasteiger partial charge in [-0.2, -0.15) is 5.10 Å². The Kier molecular flexibility index (Phi) is 8.26. The van der Waals surface area contributed by atoms with Gasteiger partial charge in [-0.05, 0) is 43.0 Å². The van der Waals surface area contributed by atoms with E-state index in [2.05, 4.69) is 49.9 Å². The minimum atomic E-state index is -0.179. The molecule has 1 aromatic carbocycles. The number of carbonyl (C=O) groups is 1. The van der Waals surface area contributed by atoms with Crippen molar-refractivity contribution in [2.75, 3.05) is 26.7 Å². The van der Waals surface area contributed by atoms with Gasteiger partial charge in [-0.3, -0.25) is 19.4 Å². The third-order valence-corrected chi connectivity index (χ3v) is 5.40. The van der Waals surface area contributed by atoms with Crippen molar-refractivity contribution in [1.82, 2.24) is 25.3 Å². The summed E-state index contributed by atoms with van der Waals surface area (Å²) in [5.41, 5.74) is 7.96. The third-order valence-electron chi connectivity index (χ3n) is 5.40. The number of benzene rings is 1. The van der Waals surface area contributed by atoms with Gasteiger partial charge in [-0.25, -0.2) is 0 Å². The summed E-state index contributed by atoms with van der Waals surface area (Å²) in [7, 11) is 1.78. The molecule has 1 fully saturated rings. The molecule has 4 N–H and O–H groups in total. The zero-order chi connectivity index (χ0) is 21.2. The molecule has 1 saturated heterocycles. The minimum Gasteiger partial charge on any atom is -0.369 e. The predicted octanol–water partition coefficient (Wildman–Crippen LogP) is 1.34. The van der Waals surface area contributed by atoms with Gasteiger partial charge in [-0.1, -0.05) is 24.3 Å². The number of hydrogen-bond acceptors (Lipinski definition) is 4. The number of aromatic nitrogens is 2. The number of rotatable bonds is 9. The van der Waals surface area contributed by atoms with Gasteiger partial charge < -0.3 is 16.4 Å². The molecule has 2 aromatic rings. The lowest BCUT2D eigenvalue weighted by atomic mass is 9.97. The van der Waals surface area contributed by atoms with Crippen LogP contribution in [-0.4, -0.2) is 53.2 Å². The molecule has 0 saturated carbocycles. The molecule has 162 valence electrons. The number of nitrogens with zero attached hydrogens (tertiary/aromatic N) is 4. The van der Waals surface area contributed by atoms with Crippen LogP contribution in [0.4, 0.5) is 0 Å². The van der Waals surface area contributed by atoms with Crippen LogP contribution in [0.25, 0.3) is 0 Å². The Balaban J connectivity index is 1.43. The van der Waals surface area contributed by atoms with E-state index in [4.69, 9.17) is 5.73 Å². The van der Waals surface area contributed by atoms with Crippen LogP contribution >= 0.6 is 0 Å². The molecule has 1 amide bonds. The van der Waals surface area contributed by atoms with Crippen molar-refractivity contribution in [3.63, 3.8) is 0 Å². The van der Waals surface area contributed by atoms with Crippen LogP contribution in [0.3, 0.4) is 0 Å². The number of nitrogens with two attached hydrogens (primary N) is 1. The van der Waals surface area contributed by atoms with Gasteiger partial charge in [0.05, 0.1) is 5.92 Å². The first-order chi connectivity index (χ1) is 14.6. The molecule has 1 aliphatic rings. The summed E-state index contributed by atoms with van der Waals surface area (Å²) in [6.45, 7) is 5.03. The number of primary amides is 1. The van der Waals surface area contributed by atoms with Gasteiger partial charge in [0.15, 0.2) is 5.96 Å². The maximum absolute atomic E-state index is 11.5. The van der Waals surface area contributed by atoms with Crippen molar-refractivity contribution in [3.05, 3.63) is 53.9 Å². The summed E-state index contributed by atoms with van der Waals surface area (Å²) in [6.07, 6.45) is 6.67. The first kappa shape index (κ1) is 21.8. The molecule has 8 heteroatoms. The van der Waals surface area contributed by atoms with E-state index < -0.39 is 0 Å². The summed E-state index contributed by atoms with van der Waals surface area (Å²) < 4.78 is 1.93. The second-order valence-corrected chi connectivity index (χ2v) is 7.77. The SMILES string of the molecule is CN=C(NCCCn1cccn1)NCc1cccc(CN2CCCC(C(N)=O)C2)c1. The van der Waals surface area contributed by atoms with Crippen LogP contribution in [0, 0.1) is 5.92 Å². The Morgan fingerprint density at radius 2 is 2.17 bits per heavy atom. The van der Waals surface area contributed by atoms with Gasteiger partial charge in [-0.15, -0.1) is 0 Å². The Morgan fingerprint density at radius 1 is 1.30 bits per heavy atom. The highest BCUT2D eigenvalue weighted by molar-refractivity contribution is 5.79. The fraction of sp³-hybridized carbons (Fsp3) is 0.500. The molecule has 1 unspecified atom stereocenters. The van der Waals surface area contributed by atoms with Crippen molar-refractivity contribution >= 4 is 11.9 Å². The molecular weight excluding hydrogens is 378 g/mol. The number of guanidine groups is 1. The van der Waals surface area contributed by atoms with Crippen molar-refractivity contribution in [1.29, 1.82) is 0 Å². The second-order valence-electron chi connectivity index (χ2n) is 7.77. The Labute approximate surface area is 178 Å². The highest BCUT2D eigenvalue weighted by Gasteiger charge is 2.23. The molecule has 1 aliphatic heterocycles. The van der Waals surface area contributed by atoms with E-state index in [-0.39, 0.29) is 11.8 Å². The molecule has 1 aromatic heterocycles. The molecule has 8 nitrogen and oxygen atoms in total. The van der Waals surface area contributed by atoms with E-state index in [1.54, 1.807) is 13.2 Å². The summed E-state index contributed by atoms with van der Waals surface area (Å²) in [4.78, 5) is 18.1. The van der Waals surface area contributed by atoms with Gasteiger partial charge >= 0.3 is 0 Å². The molecule has 1 atom stereocenters. The number of likely N-dealkylation sites (tertiary alicyclic amines) is 1. The first-order valence-electron chi connectivity index (χ1n) is 10.7. The fourth-order valence-corrected chi connectivity index (χ4v) is 3.81. The van der Waals surface area contributed by atoms with Crippen molar-refractivity contribution in [2.24, 2.45) is 16.6 Å². The molecule has 0 spiro atoms.